The Hall–Kier alpha value is -0.580. The highest BCUT2D eigenvalue weighted by Crippen LogP contribution is 2.33. The van der Waals surface area contributed by atoms with E-state index in [1.807, 2.05) is 19.1 Å². The van der Waals surface area contributed by atoms with Gasteiger partial charge in [-0.1, -0.05) is 15.9 Å². The zero-order chi connectivity index (χ0) is 13.0. The van der Waals surface area contributed by atoms with Crippen molar-refractivity contribution < 1.29 is 9.84 Å². The number of halogens is 1. The summed E-state index contributed by atoms with van der Waals surface area (Å²) in [6.45, 7) is 3.53. The van der Waals surface area contributed by atoms with Gasteiger partial charge in [-0.15, -0.1) is 0 Å². The summed E-state index contributed by atoms with van der Waals surface area (Å²) in [5, 5.41) is 12.8. The minimum Gasteiger partial charge on any atom is -0.493 e. The zero-order valence-electron chi connectivity index (χ0n) is 10.7. The Morgan fingerprint density at radius 2 is 2.39 bits per heavy atom. The minimum atomic E-state index is -0.206. The average Bonchev–Trinajstić information content (AvgIpc) is 2.34. The summed E-state index contributed by atoms with van der Waals surface area (Å²) in [5.41, 5.74) is 1.23. The Kier molecular flexibility index (Phi) is 5.03. The molecular weight excluding hydrogens is 294 g/mol. The smallest absolute Gasteiger partial charge is 0.124 e. The van der Waals surface area contributed by atoms with Crippen LogP contribution in [-0.2, 0) is 0 Å². The molecule has 0 spiro atoms. The van der Waals surface area contributed by atoms with Crippen LogP contribution < -0.4 is 10.1 Å². The number of rotatable bonds is 5. The zero-order valence-corrected chi connectivity index (χ0v) is 12.2. The third kappa shape index (κ3) is 3.70. The number of fused-ring (bicyclic) bond motifs is 1. The lowest BCUT2D eigenvalue weighted by Crippen LogP contribution is -2.28. The molecule has 4 heteroatoms. The largest absolute Gasteiger partial charge is 0.493 e. The number of benzene rings is 1. The highest BCUT2D eigenvalue weighted by Gasteiger charge is 2.20. The monoisotopic (exact) mass is 313 g/mol. The van der Waals surface area contributed by atoms with E-state index < -0.39 is 0 Å². The first-order valence-corrected chi connectivity index (χ1v) is 7.30. The SMILES string of the molecule is CC(O)CCCNC1CCOc2ccc(Br)cc21. The second-order valence-corrected chi connectivity index (χ2v) is 5.73. The van der Waals surface area contributed by atoms with Gasteiger partial charge in [-0.2, -0.15) is 0 Å². The molecular formula is C14H20BrNO2. The molecule has 2 rings (SSSR count). The Morgan fingerprint density at radius 3 is 3.17 bits per heavy atom. The van der Waals surface area contributed by atoms with Crippen molar-refractivity contribution in [2.24, 2.45) is 0 Å². The minimum absolute atomic E-state index is 0.206. The maximum Gasteiger partial charge on any atom is 0.124 e. The van der Waals surface area contributed by atoms with E-state index in [1.165, 1.54) is 5.56 Å². The van der Waals surface area contributed by atoms with Gasteiger partial charge >= 0.3 is 0 Å². The van der Waals surface area contributed by atoms with E-state index in [0.717, 1.165) is 42.6 Å². The van der Waals surface area contributed by atoms with E-state index >= 15 is 0 Å². The molecule has 100 valence electrons. The summed E-state index contributed by atoms with van der Waals surface area (Å²) < 4.78 is 6.74. The summed E-state index contributed by atoms with van der Waals surface area (Å²) in [6, 6.07) is 6.51. The molecule has 0 saturated carbocycles. The highest BCUT2D eigenvalue weighted by atomic mass is 79.9. The van der Waals surface area contributed by atoms with Crippen LogP contribution in [0.4, 0.5) is 0 Å². The number of aliphatic hydroxyl groups excluding tert-OH is 1. The summed E-state index contributed by atoms with van der Waals surface area (Å²) in [6.07, 6.45) is 2.64. The maximum absolute atomic E-state index is 9.23. The quantitative estimate of drug-likeness (QED) is 0.821. The molecule has 1 aliphatic rings. The van der Waals surface area contributed by atoms with E-state index in [1.54, 1.807) is 0 Å². The van der Waals surface area contributed by atoms with Crippen LogP contribution in [0.1, 0.15) is 37.8 Å². The second kappa shape index (κ2) is 6.55. The number of ether oxygens (including phenoxy) is 1. The summed E-state index contributed by atoms with van der Waals surface area (Å²) >= 11 is 3.50. The Balaban J connectivity index is 1.93. The highest BCUT2D eigenvalue weighted by molar-refractivity contribution is 9.10. The van der Waals surface area contributed by atoms with E-state index in [2.05, 4.69) is 27.3 Å². The lowest BCUT2D eigenvalue weighted by Gasteiger charge is -2.27. The number of hydrogen-bond acceptors (Lipinski definition) is 3. The van der Waals surface area contributed by atoms with Crippen molar-refractivity contribution in [2.45, 2.75) is 38.3 Å². The molecule has 2 N–H and O–H groups in total. The molecule has 0 amide bonds. The van der Waals surface area contributed by atoms with Gasteiger partial charge in [0, 0.05) is 22.5 Å². The topological polar surface area (TPSA) is 41.5 Å². The molecule has 0 aliphatic carbocycles. The molecule has 0 bridgehead atoms. The molecule has 0 saturated heterocycles. The molecule has 2 unspecified atom stereocenters. The maximum atomic E-state index is 9.23. The summed E-state index contributed by atoms with van der Waals surface area (Å²) in [5.74, 6) is 0.984. The van der Waals surface area contributed by atoms with Crippen molar-refractivity contribution in [3.8, 4) is 5.75 Å². The fourth-order valence-electron chi connectivity index (χ4n) is 2.25. The van der Waals surface area contributed by atoms with Gasteiger partial charge in [0.15, 0.2) is 0 Å². The Morgan fingerprint density at radius 1 is 1.56 bits per heavy atom. The van der Waals surface area contributed by atoms with Crippen molar-refractivity contribution in [2.75, 3.05) is 13.2 Å². The predicted molar refractivity (Wildman–Crippen MR) is 75.9 cm³/mol. The summed E-state index contributed by atoms with van der Waals surface area (Å²) in [7, 11) is 0. The second-order valence-electron chi connectivity index (χ2n) is 4.82. The molecule has 18 heavy (non-hydrogen) atoms. The first kappa shape index (κ1) is 13.8. The van der Waals surface area contributed by atoms with Gasteiger partial charge < -0.3 is 15.2 Å². The van der Waals surface area contributed by atoms with Gasteiger partial charge in [-0.05, 0) is 44.5 Å². The van der Waals surface area contributed by atoms with Gasteiger partial charge in [0.1, 0.15) is 5.75 Å². The molecule has 1 aromatic carbocycles. The van der Waals surface area contributed by atoms with Gasteiger partial charge in [-0.25, -0.2) is 0 Å². The lowest BCUT2D eigenvalue weighted by atomic mass is 10.0. The van der Waals surface area contributed by atoms with Crippen LogP contribution in [0, 0.1) is 0 Å². The Bertz CT molecular complexity index is 395. The molecule has 2 atom stereocenters. The number of hydrogen-bond donors (Lipinski definition) is 2. The van der Waals surface area contributed by atoms with Crippen molar-refractivity contribution in [3.05, 3.63) is 28.2 Å². The third-order valence-electron chi connectivity index (χ3n) is 3.20. The summed E-state index contributed by atoms with van der Waals surface area (Å²) in [4.78, 5) is 0. The molecule has 3 nitrogen and oxygen atoms in total. The van der Waals surface area contributed by atoms with Crippen LogP contribution in [0.25, 0.3) is 0 Å². The van der Waals surface area contributed by atoms with Crippen LogP contribution in [0.5, 0.6) is 5.75 Å². The molecule has 1 heterocycles. The normalized spacial score (nSPS) is 20.1. The fraction of sp³-hybridized carbons (Fsp3) is 0.571. The number of nitrogens with one attached hydrogen (secondary N) is 1. The van der Waals surface area contributed by atoms with E-state index in [4.69, 9.17) is 4.74 Å². The molecule has 0 radical (unpaired) electrons. The number of aliphatic hydroxyl groups is 1. The standard InChI is InChI=1S/C14H20BrNO2/c1-10(17)3-2-7-16-13-6-8-18-14-5-4-11(15)9-12(13)14/h4-5,9-10,13,16-17H,2-3,6-8H2,1H3. The van der Waals surface area contributed by atoms with E-state index in [-0.39, 0.29) is 6.10 Å². The van der Waals surface area contributed by atoms with Crippen LogP contribution in [-0.4, -0.2) is 24.4 Å². The van der Waals surface area contributed by atoms with E-state index in [0.29, 0.717) is 6.04 Å². The fourth-order valence-corrected chi connectivity index (χ4v) is 2.63. The van der Waals surface area contributed by atoms with Crippen LogP contribution in [0.15, 0.2) is 22.7 Å². The Labute approximate surface area is 117 Å². The van der Waals surface area contributed by atoms with Crippen LogP contribution in [0.2, 0.25) is 0 Å². The van der Waals surface area contributed by atoms with Crippen molar-refractivity contribution in [3.63, 3.8) is 0 Å². The molecule has 1 aromatic rings. The molecule has 0 fully saturated rings. The predicted octanol–water partition coefficient (Wildman–Crippen LogP) is 3.02. The van der Waals surface area contributed by atoms with Gasteiger partial charge in [-0.3, -0.25) is 0 Å². The lowest BCUT2D eigenvalue weighted by molar-refractivity contribution is 0.180. The average molecular weight is 314 g/mol. The molecule has 1 aliphatic heterocycles. The van der Waals surface area contributed by atoms with Crippen molar-refractivity contribution in [1.29, 1.82) is 0 Å². The van der Waals surface area contributed by atoms with E-state index in [9.17, 15) is 5.11 Å². The van der Waals surface area contributed by atoms with Crippen molar-refractivity contribution >= 4 is 15.9 Å². The molecule has 0 aromatic heterocycles. The van der Waals surface area contributed by atoms with Crippen LogP contribution in [0.3, 0.4) is 0 Å². The van der Waals surface area contributed by atoms with Gasteiger partial charge in [0.2, 0.25) is 0 Å². The third-order valence-corrected chi connectivity index (χ3v) is 3.69. The van der Waals surface area contributed by atoms with Crippen molar-refractivity contribution in [1.82, 2.24) is 5.32 Å². The first-order valence-electron chi connectivity index (χ1n) is 6.50. The first-order chi connectivity index (χ1) is 8.66. The van der Waals surface area contributed by atoms with Gasteiger partial charge in [0.25, 0.3) is 0 Å². The van der Waals surface area contributed by atoms with Gasteiger partial charge in [0.05, 0.1) is 12.7 Å². The van der Waals surface area contributed by atoms with Crippen LogP contribution >= 0.6 is 15.9 Å².